The molecule has 4 nitrogen and oxygen atoms in total. The normalized spacial score (nSPS) is 10.3. The summed E-state index contributed by atoms with van der Waals surface area (Å²) in [6.45, 7) is 3.14. The van der Waals surface area contributed by atoms with Gasteiger partial charge in [0, 0.05) is 13.0 Å². The van der Waals surface area contributed by atoms with Gasteiger partial charge in [-0.3, -0.25) is 4.79 Å². The van der Waals surface area contributed by atoms with E-state index in [0.29, 0.717) is 41.2 Å². The predicted octanol–water partition coefficient (Wildman–Crippen LogP) is 3.47. The molecule has 0 saturated heterocycles. The van der Waals surface area contributed by atoms with Crippen LogP contribution in [0.2, 0.25) is 0 Å². The number of halogens is 1. The lowest BCUT2D eigenvalue weighted by molar-refractivity contribution is 0.0876. The van der Waals surface area contributed by atoms with E-state index < -0.39 is 0 Å². The van der Waals surface area contributed by atoms with E-state index in [1.807, 2.05) is 6.92 Å². The first-order valence-electron chi connectivity index (χ1n) is 6.17. The largest absolute Gasteiger partial charge is 0.495 e. The number of benzene rings is 1. The van der Waals surface area contributed by atoms with Gasteiger partial charge in [0.25, 0.3) is 0 Å². The highest BCUT2D eigenvalue weighted by atomic mass is 79.9. The molecule has 1 aromatic rings. The third-order valence-electron chi connectivity index (χ3n) is 2.61. The van der Waals surface area contributed by atoms with Crippen molar-refractivity contribution in [2.24, 2.45) is 0 Å². The molecule has 0 aliphatic heterocycles. The molecule has 0 heterocycles. The van der Waals surface area contributed by atoms with Crippen molar-refractivity contribution in [2.75, 3.05) is 27.4 Å². The van der Waals surface area contributed by atoms with Crippen molar-refractivity contribution in [1.82, 2.24) is 0 Å². The van der Waals surface area contributed by atoms with Gasteiger partial charge in [-0.15, -0.1) is 0 Å². The molecule has 0 unspecified atom stereocenters. The van der Waals surface area contributed by atoms with Gasteiger partial charge in [-0.05, 0) is 34.5 Å². The van der Waals surface area contributed by atoms with E-state index in [2.05, 4.69) is 15.9 Å². The maximum Gasteiger partial charge on any atom is 0.168 e. The lowest BCUT2D eigenvalue weighted by atomic mass is 10.1. The average Bonchev–Trinajstić information content (AvgIpc) is 2.43. The Bertz CT molecular complexity index is 432. The Morgan fingerprint density at radius 2 is 1.95 bits per heavy atom. The molecule has 0 fully saturated rings. The number of ketones is 1. The quantitative estimate of drug-likeness (QED) is 0.540. The van der Waals surface area contributed by atoms with Gasteiger partial charge in [0.2, 0.25) is 0 Å². The van der Waals surface area contributed by atoms with Gasteiger partial charge in [0.05, 0.1) is 26.4 Å². The average molecular weight is 331 g/mol. The third-order valence-corrected chi connectivity index (χ3v) is 3.36. The summed E-state index contributed by atoms with van der Waals surface area (Å²) in [6.07, 6.45) is 1.29. The zero-order chi connectivity index (χ0) is 14.3. The van der Waals surface area contributed by atoms with Gasteiger partial charge >= 0.3 is 0 Å². The monoisotopic (exact) mass is 330 g/mol. The molecule has 0 aliphatic rings. The number of carbonyl (C=O) groups is 1. The van der Waals surface area contributed by atoms with E-state index in [9.17, 15) is 4.79 Å². The highest BCUT2D eigenvalue weighted by Gasteiger charge is 2.17. The summed E-state index contributed by atoms with van der Waals surface area (Å²) in [4.78, 5) is 12.1. The summed E-state index contributed by atoms with van der Waals surface area (Å²) in [5, 5.41) is 0. The van der Waals surface area contributed by atoms with Crippen LogP contribution in [0.3, 0.4) is 0 Å². The molecular formula is C14H19BrO4. The Hall–Kier alpha value is -1.07. The second kappa shape index (κ2) is 8.17. The minimum Gasteiger partial charge on any atom is -0.495 e. The molecule has 0 aliphatic carbocycles. The summed E-state index contributed by atoms with van der Waals surface area (Å²) in [6, 6.07) is 3.46. The van der Waals surface area contributed by atoms with Crippen LogP contribution in [0, 0.1) is 0 Å². The maximum atomic E-state index is 12.1. The highest BCUT2D eigenvalue weighted by Crippen LogP contribution is 2.37. The Balaban J connectivity index is 2.82. The fourth-order valence-electron chi connectivity index (χ4n) is 1.66. The van der Waals surface area contributed by atoms with Crippen molar-refractivity contribution in [3.63, 3.8) is 0 Å². The number of carbonyl (C=O) groups excluding carboxylic acids is 1. The lowest BCUT2D eigenvalue weighted by Gasteiger charge is -2.12. The first kappa shape index (κ1) is 16.0. The van der Waals surface area contributed by atoms with Gasteiger partial charge in [0.1, 0.15) is 16.0 Å². The third kappa shape index (κ3) is 4.21. The minimum atomic E-state index is -0.00342. The number of methoxy groups -OCH3 is 2. The molecular weight excluding hydrogens is 312 g/mol. The van der Waals surface area contributed by atoms with E-state index in [1.54, 1.807) is 19.2 Å². The number of ether oxygens (including phenoxy) is 3. The molecule has 0 N–H and O–H groups in total. The zero-order valence-electron chi connectivity index (χ0n) is 11.5. The minimum absolute atomic E-state index is 0.00342. The van der Waals surface area contributed by atoms with E-state index >= 15 is 0 Å². The molecule has 106 valence electrons. The molecule has 0 amide bonds. The second-order valence-corrected chi connectivity index (χ2v) is 4.74. The molecule has 1 rings (SSSR count). The van der Waals surface area contributed by atoms with Gasteiger partial charge in [-0.2, -0.15) is 0 Å². The Morgan fingerprint density at radius 3 is 2.53 bits per heavy atom. The Kier molecular flexibility index (Phi) is 6.87. The van der Waals surface area contributed by atoms with Crippen LogP contribution in [-0.2, 0) is 4.74 Å². The molecule has 0 radical (unpaired) electrons. The lowest BCUT2D eigenvalue weighted by Crippen LogP contribution is -2.07. The van der Waals surface area contributed by atoms with E-state index in [0.717, 1.165) is 6.42 Å². The molecule has 5 heteroatoms. The molecule has 0 bridgehead atoms. The van der Waals surface area contributed by atoms with Crippen molar-refractivity contribution in [3.8, 4) is 11.5 Å². The molecule has 0 aromatic heterocycles. The van der Waals surface area contributed by atoms with E-state index in [4.69, 9.17) is 14.2 Å². The summed E-state index contributed by atoms with van der Waals surface area (Å²) in [5.74, 6) is 1.13. The highest BCUT2D eigenvalue weighted by molar-refractivity contribution is 9.10. The zero-order valence-corrected chi connectivity index (χ0v) is 13.1. The summed E-state index contributed by atoms with van der Waals surface area (Å²) in [5.41, 5.74) is 0.537. The van der Waals surface area contributed by atoms with Crippen LogP contribution in [0.5, 0.6) is 11.5 Å². The van der Waals surface area contributed by atoms with Gasteiger partial charge < -0.3 is 14.2 Å². The second-order valence-electron chi connectivity index (χ2n) is 3.95. The molecule has 1 aromatic carbocycles. The van der Waals surface area contributed by atoms with Crippen LogP contribution < -0.4 is 9.47 Å². The van der Waals surface area contributed by atoms with Gasteiger partial charge in [-0.25, -0.2) is 0 Å². The van der Waals surface area contributed by atoms with Crippen LogP contribution in [0.1, 0.15) is 30.1 Å². The molecule has 0 atom stereocenters. The smallest absolute Gasteiger partial charge is 0.168 e. The van der Waals surface area contributed by atoms with Gasteiger partial charge in [-0.1, -0.05) is 6.92 Å². The molecule has 0 saturated carbocycles. The first-order valence-corrected chi connectivity index (χ1v) is 6.96. The van der Waals surface area contributed by atoms with Crippen LogP contribution in [0.15, 0.2) is 16.6 Å². The van der Waals surface area contributed by atoms with Crippen LogP contribution in [0.25, 0.3) is 0 Å². The fraction of sp³-hybridized carbons (Fsp3) is 0.500. The SMILES string of the molecule is CCCOCCC(=O)c1ccc(OC)c(Br)c1OC. The van der Waals surface area contributed by atoms with Crippen LogP contribution in [-0.4, -0.2) is 33.2 Å². The summed E-state index contributed by atoms with van der Waals surface area (Å²) >= 11 is 3.38. The predicted molar refractivity (Wildman–Crippen MR) is 77.3 cm³/mol. The standard InChI is InChI=1S/C14H19BrO4/c1-4-8-19-9-7-11(16)10-5-6-12(17-2)13(15)14(10)18-3/h5-6H,4,7-9H2,1-3H3. The van der Waals surface area contributed by atoms with E-state index in [-0.39, 0.29) is 5.78 Å². The van der Waals surface area contributed by atoms with Crippen molar-refractivity contribution in [2.45, 2.75) is 19.8 Å². The van der Waals surface area contributed by atoms with Crippen molar-refractivity contribution >= 4 is 21.7 Å². The van der Waals surface area contributed by atoms with Crippen molar-refractivity contribution in [1.29, 1.82) is 0 Å². The Labute approximate surface area is 122 Å². The van der Waals surface area contributed by atoms with Crippen molar-refractivity contribution < 1.29 is 19.0 Å². The fourth-order valence-corrected chi connectivity index (χ4v) is 2.33. The summed E-state index contributed by atoms with van der Waals surface area (Å²) in [7, 11) is 3.10. The van der Waals surface area contributed by atoms with Gasteiger partial charge in [0.15, 0.2) is 5.78 Å². The first-order chi connectivity index (χ1) is 9.15. The number of Topliss-reactive ketones (excluding diaryl/α,β-unsaturated/α-hetero) is 1. The molecule has 19 heavy (non-hydrogen) atoms. The van der Waals surface area contributed by atoms with Crippen molar-refractivity contribution in [3.05, 3.63) is 22.2 Å². The topological polar surface area (TPSA) is 44.8 Å². The maximum absolute atomic E-state index is 12.1. The molecule has 0 spiro atoms. The van der Waals surface area contributed by atoms with E-state index in [1.165, 1.54) is 7.11 Å². The van der Waals surface area contributed by atoms with Crippen LogP contribution >= 0.6 is 15.9 Å². The number of hydrogen-bond acceptors (Lipinski definition) is 4. The number of hydrogen-bond donors (Lipinski definition) is 0. The Morgan fingerprint density at radius 1 is 1.21 bits per heavy atom. The van der Waals surface area contributed by atoms with Crippen LogP contribution in [0.4, 0.5) is 0 Å². The summed E-state index contributed by atoms with van der Waals surface area (Å²) < 4.78 is 16.4. The number of rotatable bonds is 8.